The molecule has 2 aromatic carbocycles. The molecule has 25 heavy (non-hydrogen) atoms. The van der Waals surface area contributed by atoms with E-state index in [-0.39, 0.29) is 17.3 Å². The summed E-state index contributed by atoms with van der Waals surface area (Å²) in [5, 5.41) is 2.75. The molecule has 7 nitrogen and oxygen atoms in total. The van der Waals surface area contributed by atoms with Crippen molar-refractivity contribution < 1.29 is 9.21 Å². The van der Waals surface area contributed by atoms with Crippen molar-refractivity contribution in [2.24, 2.45) is 7.05 Å². The third-order valence-electron chi connectivity index (χ3n) is 3.95. The topological polar surface area (TPSA) is 86.2 Å². The molecule has 0 unspecified atom stereocenters. The van der Waals surface area contributed by atoms with Crippen LogP contribution >= 0.6 is 11.3 Å². The highest BCUT2D eigenvalue weighted by molar-refractivity contribution is 7.16. The highest BCUT2D eigenvalue weighted by Gasteiger charge is 2.13. The van der Waals surface area contributed by atoms with Crippen LogP contribution in [0.2, 0.25) is 0 Å². The molecule has 0 atom stereocenters. The van der Waals surface area contributed by atoms with E-state index in [9.17, 15) is 14.4 Å². The second-order valence-electron chi connectivity index (χ2n) is 5.58. The Balaban J connectivity index is 1.60. The third-order valence-corrected chi connectivity index (χ3v) is 4.95. The SMILES string of the molecule is Cn1c(=O)sc2cc(NC(=O)Cn3c(=O)oc4ccccc43)ccc21. The first-order chi connectivity index (χ1) is 12.0. The molecule has 0 spiro atoms. The van der Waals surface area contributed by atoms with E-state index in [0.717, 1.165) is 21.6 Å². The number of anilines is 1. The van der Waals surface area contributed by atoms with Gasteiger partial charge in [0.25, 0.3) is 0 Å². The van der Waals surface area contributed by atoms with Crippen molar-refractivity contribution in [1.82, 2.24) is 9.13 Å². The standard InChI is InChI=1S/C17H13N3O4S/c1-19-12-7-6-10(8-14(12)25-17(19)23)18-15(21)9-20-11-4-2-3-5-13(11)24-16(20)22/h2-8H,9H2,1H3,(H,18,21). The van der Waals surface area contributed by atoms with Gasteiger partial charge in [0.1, 0.15) is 6.54 Å². The number of para-hydroxylation sites is 2. The van der Waals surface area contributed by atoms with E-state index in [1.807, 2.05) is 0 Å². The van der Waals surface area contributed by atoms with Gasteiger partial charge in [-0.25, -0.2) is 4.79 Å². The maximum absolute atomic E-state index is 12.3. The summed E-state index contributed by atoms with van der Waals surface area (Å²) in [4.78, 5) is 35.9. The molecular weight excluding hydrogens is 342 g/mol. The average Bonchev–Trinajstić information content (AvgIpc) is 3.04. The first-order valence-electron chi connectivity index (χ1n) is 7.51. The Bertz CT molecular complexity index is 1230. The highest BCUT2D eigenvalue weighted by Crippen LogP contribution is 2.21. The predicted octanol–water partition coefficient (Wildman–Crippen LogP) is 2.15. The zero-order chi connectivity index (χ0) is 17.6. The van der Waals surface area contributed by atoms with Gasteiger partial charge in [0.2, 0.25) is 5.91 Å². The number of hydrogen-bond donors (Lipinski definition) is 1. The summed E-state index contributed by atoms with van der Waals surface area (Å²) in [6.45, 7) is -0.154. The van der Waals surface area contributed by atoms with E-state index >= 15 is 0 Å². The number of oxazole rings is 1. The number of aryl methyl sites for hydroxylation is 1. The van der Waals surface area contributed by atoms with Gasteiger partial charge in [0.15, 0.2) is 5.58 Å². The molecule has 0 bridgehead atoms. The Morgan fingerprint density at radius 2 is 1.96 bits per heavy atom. The molecule has 0 saturated heterocycles. The minimum absolute atomic E-state index is 0.0603. The van der Waals surface area contributed by atoms with Crippen molar-refractivity contribution in [2.45, 2.75) is 6.54 Å². The minimum atomic E-state index is -0.576. The number of fused-ring (bicyclic) bond motifs is 2. The Labute approximate surface area is 144 Å². The summed E-state index contributed by atoms with van der Waals surface area (Å²) in [7, 11) is 1.70. The van der Waals surface area contributed by atoms with Crippen LogP contribution in [0.4, 0.5) is 5.69 Å². The van der Waals surface area contributed by atoms with Gasteiger partial charge in [0, 0.05) is 12.7 Å². The predicted molar refractivity (Wildman–Crippen MR) is 96.2 cm³/mol. The molecule has 0 aliphatic heterocycles. The van der Waals surface area contributed by atoms with Crippen molar-refractivity contribution in [2.75, 3.05) is 5.32 Å². The van der Waals surface area contributed by atoms with E-state index in [0.29, 0.717) is 16.8 Å². The fourth-order valence-electron chi connectivity index (χ4n) is 2.72. The van der Waals surface area contributed by atoms with E-state index in [2.05, 4.69) is 5.32 Å². The molecule has 8 heteroatoms. The molecule has 1 amide bonds. The van der Waals surface area contributed by atoms with Gasteiger partial charge in [-0.05, 0) is 30.3 Å². The van der Waals surface area contributed by atoms with E-state index < -0.39 is 5.76 Å². The van der Waals surface area contributed by atoms with Crippen molar-refractivity contribution in [3.05, 3.63) is 62.7 Å². The molecular formula is C17H13N3O4S. The van der Waals surface area contributed by atoms with E-state index in [1.165, 1.54) is 4.57 Å². The van der Waals surface area contributed by atoms with Crippen LogP contribution in [0.5, 0.6) is 0 Å². The van der Waals surface area contributed by atoms with Crippen molar-refractivity contribution in [1.29, 1.82) is 0 Å². The summed E-state index contributed by atoms with van der Waals surface area (Å²) in [6, 6.07) is 12.2. The molecule has 4 rings (SSSR count). The molecule has 2 aromatic heterocycles. The van der Waals surface area contributed by atoms with Gasteiger partial charge in [-0.2, -0.15) is 0 Å². The second kappa shape index (κ2) is 5.75. The van der Waals surface area contributed by atoms with Crippen LogP contribution in [-0.2, 0) is 18.4 Å². The van der Waals surface area contributed by atoms with Crippen LogP contribution in [0.15, 0.2) is 56.5 Å². The number of thiazole rings is 1. The van der Waals surface area contributed by atoms with Gasteiger partial charge >= 0.3 is 10.6 Å². The Morgan fingerprint density at radius 3 is 2.80 bits per heavy atom. The molecule has 4 aromatic rings. The number of rotatable bonds is 3. The van der Waals surface area contributed by atoms with Gasteiger partial charge in [-0.1, -0.05) is 23.5 Å². The van der Waals surface area contributed by atoms with Crippen LogP contribution in [0.1, 0.15) is 0 Å². The molecule has 0 aliphatic rings. The molecule has 0 fully saturated rings. The first kappa shape index (κ1) is 15.4. The molecule has 0 radical (unpaired) electrons. The van der Waals surface area contributed by atoms with Crippen LogP contribution in [-0.4, -0.2) is 15.0 Å². The Hall–Kier alpha value is -3.13. The highest BCUT2D eigenvalue weighted by atomic mass is 32.1. The van der Waals surface area contributed by atoms with Gasteiger partial charge in [0.05, 0.1) is 15.7 Å². The number of nitrogens with zero attached hydrogens (tertiary/aromatic N) is 2. The average molecular weight is 355 g/mol. The lowest BCUT2D eigenvalue weighted by Gasteiger charge is -2.06. The maximum atomic E-state index is 12.3. The quantitative estimate of drug-likeness (QED) is 0.610. The lowest BCUT2D eigenvalue weighted by Crippen LogP contribution is -2.24. The van der Waals surface area contributed by atoms with E-state index in [4.69, 9.17) is 4.42 Å². The largest absolute Gasteiger partial charge is 0.420 e. The zero-order valence-electron chi connectivity index (χ0n) is 13.2. The van der Waals surface area contributed by atoms with E-state index in [1.54, 1.807) is 54.1 Å². The molecule has 0 saturated carbocycles. The second-order valence-corrected chi connectivity index (χ2v) is 6.57. The smallest absolute Gasteiger partial charge is 0.408 e. The van der Waals surface area contributed by atoms with Gasteiger partial charge in [-0.15, -0.1) is 0 Å². The Kier molecular flexibility index (Phi) is 3.54. The van der Waals surface area contributed by atoms with Crippen molar-refractivity contribution in [3.8, 4) is 0 Å². The van der Waals surface area contributed by atoms with Crippen molar-refractivity contribution in [3.63, 3.8) is 0 Å². The minimum Gasteiger partial charge on any atom is -0.408 e. The molecule has 0 aliphatic carbocycles. The lowest BCUT2D eigenvalue weighted by molar-refractivity contribution is -0.116. The summed E-state index contributed by atoms with van der Waals surface area (Å²) in [5.74, 6) is -0.927. The van der Waals surface area contributed by atoms with Crippen LogP contribution in [0.3, 0.4) is 0 Å². The summed E-state index contributed by atoms with van der Waals surface area (Å²) in [6.07, 6.45) is 0. The zero-order valence-corrected chi connectivity index (χ0v) is 14.0. The number of carbonyl (C=O) groups is 1. The maximum Gasteiger partial charge on any atom is 0.420 e. The molecule has 2 heterocycles. The number of benzene rings is 2. The summed E-state index contributed by atoms with van der Waals surface area (Å²) < 4.78 is 8.74. The number of nitrogens with one attached hydrogen (secondary N) is 1. The number of aromatic nitrogens is 2. The number of amides is 1. The monoisotopic (exact) mass is 355 g/mol. The molecule has 1 N–H and O–H groups in total. The van der Waals surface area contributed by atoms with Gasteiger partial charge < -0.3 is 14.3 Å². The van der Waals surface area contributed by atoms with Crippen LogP contribution in [0, 0.1) is 0 Å². The fraction of sp³-hybridized carbons (Fsp3) is 0.118. The third kappa shape index (κ3) is 2.66. The lowest BCUT2D eigenvalue weighted by atomic mass is 10.3. The van der Waals surface area contributed by atoms with Crippen molar-refractivity contribution >= 4 is 44.2 Å². The normalized spacial score (nSPS) is 11.2. The number of carbonyl (C=O) groups excluding carboxylic acids is 1. The van der Waals surface area contributed by atoms with Crippen LogP contribution in [0.25, 0.3) is 21.3 Å². The summed E-state index contributed by atoms with van der Waals surface area (Å²) >= 11 is 1.12. The Morgan fingerprint density at radius 1 is 1.16 bits per heavy atom. The van der Waals surface area contributed by atoms with Gasteiger partial charge in [-0.3, -0.25) is 14.2 Å². The fourth-order valence-corrected chi connectivity index (χ4v) is 3.64. The summed E-state index contributed by atoms with van der Waals surface area (Å²) in [5.41, 5.74) is 2.39. The molecule has 126 valence electrons. The van der Waals surface area contributed by atoms with Crippen LogP contribution < -0.4 is 15.9 Å². The first-order valence-corrected chi connectivity index (χ1v) is 8.32. The number of hydrogen-bond acceptors (Lipinski definition) is 5.